The third kappa shape index (κ3) is 5.50. The van der Waals surface area contributed by atoms with Crippen LogP contribution in [0.4, 0.5) is 22.7 Å². The minimum absolute atomic E-state index is 0.0113. The number of aliphatic hydroxyl groups is 2. The van der Waals surface area contributed by atoms with Gasteiger partial charge in [0.2, 0.25) is 0 Å². The molecule has 0 unspecified atom stereocenters. The summed E-state index contributed by atoms with van der Waals surface area (Å²) in [5.74, 6) is 0. The van der Waals surface area contributed by atoms with Crippen LogP contribution in [0.1, 0.15) is 0 Å². The number of benzene rings is 2. The van der Waals surface area contributed by atoms with Crippen molar-refractivity contribution in [3.05, 3.63) is 55.5 Å². The van der Waals surface area contributed by atoms with Crippen LogP contribution in [-0.4, -0.2) is 41.4 Å². The molecule has 0 saturated heterocycles. The lowest BCUT2D eigenvalue weighted by Crippen LogP contribution is -2.29. The van der Waals surface area contributed by atoms with Gasteiger partial charge in [-0.2, -0.15) is 0 Å². The number of nitro benzene ring substituents is 1. The number of hydrogen-bond donors (Lipinski definition) is 2. The van der Waals surface area contributed by atoms with Crippen LogP contribution in [0.2, 0.25) is 15.1 Å². The van der Waals surface area contributed by atoms with Gasteiger partial charge >= 0.3 is 0 Å². The van der Waals surface area contributed by atoms with Gasteiger partial charge < -0.3 is 15.1 Å². The number of nitrogens with zero attached hydrogens (tertiary/aromatic N) is 4. The van der Waals surface area contributed by atoms with Gasteiger partial charge in [0.15, 0.2) is 0 Å². The highest BCUT2D eigenvalue weighted by Crippen LogP contribution is 2.39. The molecular weight excluding hydrogens is 419 g/mol. The maximum atomic E-state index is 10.8. The first-order valence-corrected chi connectivity index (χ1v) is 8.82. The molecule has 0 saturated carbocycles. The Kier molecular flexibility index (Phi) is 7.76. The first-order chi connectivity index (χ1) is 12.9. The Labute approximate surface area is 169 Å². The second-order valence-corrected chi connectivity index (χ2v) is 6.51. The van der Waals surface area contributed by atoms with Gasteiger partial charge in [0, 0.05) is 30.9 Å². The standard InChI is InChI=1S/C16H15Cl3N4O4/c17-12-7-10(22(3-5-24)4-6-25)1-2-15(12)20-21-16-13(18)8-11(23(26)27)9-14(16)19/h1-2,7-9,24-25H,3-6H2/b21-20+. The Bertz CT molecular complexity index is 835. The summed E-state index contributed by atoms with van der Waals surface area (Å²) in [6.07, 6.45) is 0. The summed E-state index contributed by atoms with van der Waals surface area (Å²) in [5, 5.41) is 37.2. The van der Waals surface area contributed by atoms with Crippen LogP contribution in [0.25, 0.3) is 0 Å². The molecule has 0 fully saturated rings. The number of aliphatic hydroxyl groups excluding tert-OH is 2. The predicted molar refractivity (Wildman–Crippen MR) is 105 cm³/mol. The fraction of sp³-hybridized carbons (Fsp3) is 0.250. The van der Waals surface area contributed by atoms with Gasteiger partial charge in [0.25, 0.3) is 5.69 Å². The molecule has 2 rings (SSSR count). The van der Waals surface area contributed by atoms with Crippen LogP contribution < -0.4 is 4.90 Å². The molecule has 2 N–H and O–H groups in total. The van der Waals surface area contributed by atoms with E-state index in [0.29, 0.717) is 24.5 Å². The quantitative estimate of drug-likeness (QED) is 0.354. The van der Waals surface area contributed by atoms with Crippen molar-refractivity contribution in [3.63, 3.8) is 0 Å². The van der Waals surface area contributed by atoms with Gasteiger partial charge in [-0.05, 0) is 18.2 Å². The van der Waals surface area contributed by atoms with Crippen molar-refractivity contribution in [2.75, 3.05) is 31.2 Å². The van der Waals surface area contributed by atoms with Crippen LogP contribution in [-0.2, 0) is 0 Å². The summed E-state index contributed by atoms with van der Waals surface area (Å²) in [6.45, 7) is 0.532. The second kappa shape index (κ2) is 9.82. The zero-order chi connectivity index (χ0) is 20.0. The molecule has 0 amide bonds. The third-order valence-corrected chi connectivity index (χ3v) is 4.39. The first kappa shape index (κ1) is 21.3. The van der Waals surface area contributed by atoms with E-state index in [1.54, 1.807) is 23.1 Å². The number of rotatable bonds is 8. The highest BCUT2D eigenvalue weighted by molar-refractivity contribution is 6.39. The number of azo groups is 1. The molecule has 0 heterocycles. The van der Waals surface area contributed by atoms with Crippen LogP contribution in [0.15, 0.2) is 40.6 Å². The van der Waals surface area contributed by atoms with Crippen molar-refractivity contribution in [2.24, 2.45) is 10.2 Å². The highest BCUT2D eigenvalue weighted by atomic mass is 35.5. The zero-order valence-corrected chi connectivity index (χ0v) is 16.1. The van der Waals surface area contributed by atoms with E-state index >= 15 is 0 Å². The maximum Gasteiger partial charge on any atom is 0.272 e. The first-order valence-electron chi connectivity index (χ1n) is 7.68. The van der Waals surface area contributed by atoms with E-state index in [1.807, 2.05) is 0 Å². The lowest BCUT2D eigenvalue weighted by Gasteiger charge is -2.23. The Hall–Kier alpha value is -1.97. The number of non-ortho nitro benzene ring substituents is 1. The number of anilines is 1. The topological polar surface area (TPSA) is 112 Å². The third-order valence-electron chi connectivity index (χ3n) is 3.51. The van der Waals surface area contributed by atoms with Gasteiger partial charge in [-0.15, -0.1) is 10.2 Å². The van der Waals surface area contributed by atoms with Crippen LogP contribution in [0.5, 0.6) is 0 Å². The average Bonchev–Trinajstić information content (AvgIpc) is 2.61. The molecule has 0 spiro atoms. The van der Waals surface area contributed by atoms with Crippen molar-refractivity contribution in [3.8, 4) is 0 Å². The molecule has 0 aliphatic rings. The van der Waals surface area contributed by atoms with E-state index in [-0.39, 0.29) is 39.7 Å². The van der Waals surface area contributed by atoms with E-state index in [9.17, 15) is 10.1 Å². The van der Waals surface area contributed by atoms with E-state index in [1.165, 1.54) is 0 Å². The fourth-order valence-corrected chi connectivity index (χ4v) is 3.01. The van der Waals surface area contributed by atoms with Gasteiger partial charge in [0.1, 0.15) is 11.4 Å². The molecule has 0 atom stereocenters. The van der Waals surface area contributed by atoms with Gasteiger partial charge in [-0.1, -0.05) is 34.8 Å². The fourth-order valence-electron chi connectivity index (χ4n) is 2.24. The van der Waals surface area contributed by atoms with Crippen molar-refractivity contribution in [2.45, 2.75) is 0 Å². The smallest absolute Gasteiger partial charge is 0.272 e. The number of nitro groups is 1. The number of halogens is 3. The monoisotopic (exact) mass is 432 g/mol. The number of hydrogen-bond acceptors (Lipinski definition) is 7. The van der Waals surface area contributed by atoms with E-state index in [4.69, 9.17) is 45.0 Å². The lowest BCUT2D eigenvalue weighted by molar-refractivity contribution is -0.384. The molecular formula is C16H15Cl3N4O4. The largest absolute Gasteiger partial charge is 0.395 e. The molecule has 0 radical (unpaired) electrons. The summed E-state index contributed by atoms with van der Waals surface area (Å²) >= 11 is 18.2. The molecule has 144 valence electrons. The van der Waals surface area contributed by atoms with E-state index in [0.717, 1.165) is 12.1 Å². The van der Waals surface area contributed by atoms with Gasteiger partial charge in [0.05, 0.1) is 33.2 Å². The minimum atomic E-state index is -0.612. The van der Waals surface area contributed by atoms with E-state index in [2.05, 4.69) is 10.2 Å². The Morgan fingerprint density at radius 2 is 1.56 bits per heavy atom. The summed E-state index contributed by atoms with van der Waals surface area (Å²) in [4.78, 5) is 12.0. The summed E-state index contributed by atoms with van der Waals surface area (Å²) in [5.41, 5.74) is 0.873. The minimum Gasteiger partial charge on any atom is -0.395 e. The molecule has 0 aromatic heterocycles. The molecule has 0 aliphatic heterocycles. The molecule has 11 heteroatoms. The Balaban J connectivity index is 2.29. The summed E-state index contributed by atoms with van der Waals surface area (Å²) < 4.78 is 0. The average molecular weight is 434 g/mol. The van der Waals surface area contributed by atoms with Crippen LogP contribution in [0, 0.1) is 10.1 Å². The second-order valence-electron chi connectivity index (χ2n) is 5.29. The summed E-state index contributed by atoms with van der Waals surface area (Å²) in [6, 6.07) is 7.21. The molecule has 0 aliphatic carbocycles. The molecule has 8 nitrogen and oxygen atoms in total. The van der Waals surface area contributed by atoms with Crippen molar-refractivity contribution in [1.29, 1.82) is 0 Å². The van der Waals surface area contributed by atoms with E-state index < -0.39 is 4.92 Å². The van der Waals surface area contributed by atoms with Crippen molar-refractivity contribution >= 4 is 57.6 Å². The van der Waals surface area contributed by atoms with Crippen molar-refractivity contribution in [1.82, 2.24) is 0 Å². The molecule has 2 aromatic carbocycles. The van der Waals surface area contributed by atoms with Gasteiger partial charge in [-0.3, -0.25) is 10.1 Å². The van der Waals surface area contributed by atoms with Crippen LogP contribution in [0.3, 0.4) is 0 Å². The lowest BCUT2D eigenvalue weighted by atomic mass is 10.2. The Morgan fingerprint density at radius 1 is 0.963 bits per heavy atom. The van der Waals surface area contributed by atoms with Crippen LogP contribution >= 0.6 is 34.8 Å². The summed E-state index contributed by atoms with van der Waals surface area (Å²) in [7, 11) is 0. The van der Waals surface area contributed by atoms with Gasteiger partial charge in [-0.25, -0.2) is 0 Å². The predicted octanol–water partition coefficient (Wildman–Crippen LogP) is 4.76. The van der Waals surface area contributed by atoms with Crippen molar-refractivity contribution < 1.29 is 15.1 Å². The zero-order valence-electron chi connectivity index (χ0n) is 13.8. The Morgan fingerprint density at radius 3 is 2.04 bits per heavy atom. The maximum absolute atomic E-state index is 10.8. The molecule has 0 bridgehead atoms. The molecule has 27 heavy (non-hydrogen) atoms. The SMILES string of the molecule is O=[N+]([O-])c1cc(Cl)c(/N=N/c2ccc(N(CCO)CCO)cc2Cl)c(Cl)c1. The highest BCUT2D eigenvalue weighted by Gasteiger charge is 2.15. The normalized spacial score (nSPS) is 11.1. The molecule has 2 aromatic rings.